The Kier molecular flexibility index (Phi) is 38.0. The van der Waals surface area contributed by atoms with E-state index < -0.39 is 74.2 Å². The van der Waals surface area contributed by atoms with Crippen LogP contribution in [0, 0.1) is 0 Å². The highest BCUT2D eigenvalue weighted by Crippen LogP contribution is 2.23. The number of hydrogen-bond donors (Lipinski definition) is 8. The smallest absolute Gasteiger partial charge is 0.249 e. The molecule has 1 heterocycles. The molecule has 0 aromatic heterocycles. The van der Waals surface area contributed by atoms with Crippen molar-refractivity contribution in [1.82, 2.24) is 5.32 Å². The normalized spacial score (nSPS) is 21.7. The number of carbonyl (C=O) groups is 1. The average Bonchev–Trinajstić information content (AvgIpc) is 3.27. The van der Waals surface area contributed by atoms with E-state index in [-0.39, 0.29) is 12.8 Å². The SMILES string of the molecule is C/C=C/CC/C=C/CC/C=C/CCCC(O)C(O)C(COC1OC(CO)C(O)C(O)C1O)NC(=O)C(O)CCCCCCCCC/C=C\CCCCCCCCCCCCCC. The molecule has 0 aromatic carbocycles. The van der Waals surface area contributed by atoms with Gasteiger partial charge in [-0.15, -0.1) is 0 Å². The van der Waals surface area contributed by atoms with Crippen molar-refractivity contribution in [3.8, 4) is 0 Å². The molecule has 11 heteroatoms. The lowest BCUT2D eigenvalue weighted by atomic mass is 9.98. The zero-order valence-electron chi connectivity index (χ0n) is 39.1. The molecule has 0 aromatic rings. The fourth-order valence-corrected chi connectivity index (χ4v) is 7.77. The minimum absolute atomic E-state index is 0.238. The van der Waals surface area contributed by atoms with Crippen molar-refractivity contribution in [3.05, 3.63) is 48.6 Å². The van der Waals surface area contributed by atoms with Crippen molar-refractivity contribution in [2.75, 3.05) is 13.2 Å². The van der Waals surface area contributed by atoms with Crippen LogP contribution in [0.25, 0.3) is 0 Å². The summed E-state index contributed by atoms with van der Waals surface area (Å²) in [6.45, 7) is 3.20. The number of unbranched alkanes of at least 4 members (excludes halogenated alkanes) is 22. The summed E-state index contributed by atoms with van der Waals surface area (Å²) in [5.41, 5.74) is 0. The largest absolute Gasteiger partial charge is 0.394 e. The fourth-order valence-electron chi connectivity index (χ4n) is 7.77. The number of amides is 1. The monoisotopic (exact) mass is 880 g/mol. The first kappa shape index (κ1) is 58.1. The minimum Gasteiger partial charge on any atom is -0.394 e. The molecule has 0 radical (unpaired) electrons. The van der Waals surface area contributed by atoms with Crippen LogP contribution in [0.15, 0.2) is 48.6 Å². The summed E-state index contributed by atoms with van der Waals surface area (Å²) >= 11 is 0. The third kappa shape index (κ3) is 29.5. The Balaban J connectivity index is 2.37. The van der Waals surface area contributed by atoms with Gasteiger partial charge < -0.3 is 50.5 Å². The lowest BCUT2D eigenvalue weighted by Gasteiger charge is -2.40. The molecule has 1 aliphatic rings. The molecule has 1 aliphatic heterocycles. The second-order valence-electron chi connectivity index (χ2n) is 17.5. The Labute approximate surface area is 377 Å². The highest BCUT2D eigenvalue weighted by Gasteiger charge is 2.44. The number of carbonyl (C=O) groups excluding carboxylic acids is 1. The zero-order chi connectivity index (χ0) is 45.5. The number of hydrogen-bond acceptors (Lipinski definition) is 10. The molecule has 0 saturated carbocycles. The highest BCUT2D eigenvalue weighted by molar-refractivity contribution is 5.80. The van der Waals surface area contributed by atoms with Gasteiger partial charge in [-0.05, 0) is 84.0 Å². The Hall–Kier alpha value is -1.93. The van der Waals surface area contributed by atoms with Gasteiger partial charge in [0.05, 0.1) is 25.4 Å². The van der Waals surface area contributed by atoms with E-state index in [0.29, 0.717) is 19.3 Å². The van der Waals surface area contributed by atoms with Crippen LogP contribution in [0.3, 0.4) is 0 Å². The van der Waals surface area contributed by atoms with Crippen molar-refractivity contribution in [2.45, 2.75) is 255 Å². The van der Waals surface area contributed by atoms with Gasteiger partial charge in [0.15, 0.2) is 6.29 Å². The summed E-state index contributed by atoms with van der Waals surface area (Å²) in [5.74, 6) is -0.718. The third-order valence-corrected chi connectivity index (χ3v) is 11.9. The van der Waals surface area contributed by atoms with Gasteiger partial charge in [0.1, 0.15) is 36.6 Å². The number of ether oxygens (including phenoxy) is 2. The molecule has 8 N–H and O–H groups in total. The number of nitrogens with one attached hydrogen (secondary N) is 1. The molecular formula is C51H93NO10. The second-order valence-corrected chi connectivity index (χ2v) is 17.5. The molecule has 362 valence electrons. The Morgan fingerprint density at radius 3 is 1.53 bits per heavy atom. The Morgan fingerprint density at radius 2 is 1.03 bits per heavy atom. The molecule has 9 unspecified atom stereocenters. The zero-order valence-corrected chi connectivity index (χ0v) is 39.1. The molecule has 9 atom stereocenters. The topological polar surface area (TPSA) is 189 Å². The van der Waals surface area contributed by atoms with E-state index >= 15 is 0 Å². The van der Waals surface area contributed by atoms with Gasteiger partial charge >= 0.3 is 0 Å². The number of rotatable bonds is 41. The molecule has 0 spiro atoms. The van der Waals surface area contributed by atoms with Gasteiger partial charge in [0, 0.05) is 0 Å². The maximum Gasteiger partial charge on any atom is 0.249 e. The molecule has 1 saturated heterocycles. The standard InChI is InChI=1S/C51H93NO10/c1-3-5-7-9-11-13-15-17-18-19-20-21-22-23-24-25-26-27-29-31-33-35-37-39-44(55)50(60)52-42(41-61-51-49(59)48(58)47(57)45(40-53)62-51)46(56)43(54)38-36-34-32-30-28-16-14-12-10-8-6-4-2/h4,6,12,14,23-24,30,32,42-49,51,53-59H,3,5,7-11,13,15-22,25-29,31,33-41H2,1-2H3,(H,52,60)/b6-4+,14-12+,24-23-,32-30+. The molecule has 11 nitrogen and oxygen atoms in total. The number of aliphatic hydroxyl groups excluding tert-OH is 7. The maximum atomic E-state index is 13.1. The first-order chi connectivity index (χ1) is 30.2. The first-order valence-electron chi connectivity index (χ1n) is 25.0. The van der Waals surface area contributed by atoms with Gasteiger partial charge in [-0.25, -0.2) is 0 Å². The van der Waals surface area contributed by atoms with E-state index in [1.807, 2.05) is 13.0 Å². The van der Waals surface area contributed by atoms with Crippen molar-refractivity contribution in [1.29, 1.82) is 0 Å². The highest BCUT2D eigenvalue weighted by atomic mass is 16.7. The fraction of sp³-hybridized carbons (Fsp3) is 0.824. The number of aliphatic hydroxyl groups is 7. The van der Waals surface area contributed by atoms with E-state index in [1.165, 1.54) is 96.3 Å². The molecule has 1 fully saturated rings. The van der Waals surface area contributed by atoms with E-state index in [9.17, 15) is 40.5 Å². The summed E-state index contributed by atoms with van der Waals surface area (Å²) in [7, 11) is 0. The van der Waals surface area contributed by atoms with Crippen LogP contribution in [-0.4, -0.2) is 110 Å². The Morgan fingerprint density at radius 1 is 0.581 bits per heavy atom. The third-order valence-electron chi connectivity index (χ3n) is 11.9. The van der Waals surface area contributed by atoms with Crippen molar-refractivity contribution in [2.24, 2.45) is 0 Å². The summed E-state index contributed by atoms with van der Waals surface area (Å²) in [6.07, 6.45) is 37.6. The average molecular weight is 880 g/mol. The number of allylic oxidation sites excluding steroid dienone is 8. The van der Waals surface area contributed by atoms with Gasteiger partial charge in [0.2, 0.25) is 5.91 Å². The van der Waals surface area contributed by atoms with Crippen molar-refractivity contribution in [3.63, 3.8) is 0 Å². The van der Waals surface area contributed by atoms with Gasteiger partial charge in [-0.3, -0.25) is 4.79 Å². The first-order valence-corrected chi connectivity index (χ1v) is 25.0. The van der Waals surface area contributed by atoms with Gasteiger partial charge in [-0.2, -0.15) is 0 Å². The van der Waals surface area contributed by atoms with E-state index in [2.05, 4.69) is 54.8 Å². The van der Waals surface area contributed by atoms with Crippen LogP contribution in [0.1, 0.15) is 200 Å². The summed E-state index contributed by atoms with van der Waals surface area (Å²) in [5, 5.41) is 75.6. The minimum atomic E-state index is -1.67. The van der Waals surface area contributed by atoms with E-state index in [0.717, 1.165) is 57.8 Å². The Bertz CT molecular complexity index is 1150. The predicted molar refractivity (Wildman–Crippen MR) is 251 cm³/mol. The summed E-state index contributed by atoms with van der Waals surface area (Å²) < 4.78 is 11.1. The van der Waals surface area contributed by atoms with Crippen LogP contribution in [0.5, 0.6) is 0 Å². The summed E-state index contributed by atoms with van der Waals surface area (Å²) in [6, 6.07) is -1.20. The van der Waals surface area contributed by atoms with Crippen LogP contribution in [-0.2, 0) is 14.3 Å². The van der Waals surface area contributed by atoms with Crippen LogP contribution >= 0.6 is 0 Å². The van der Waals surface area contributed by atoms with Crippen molar-refractivity contribution >= 4 is 5.91 Å². The molecule has 0 aliphatic carbocycles. The molecule has 1 amide bonds. The summed E-state index contributed by atoms with van der Waals surface area (Å²) in [4.78, 5) is 13.1. The van der Waals surface area contributed by atoms with Crippen LogP contribution in [0.2, 0.25) is 0 Å². The van der Waals surface area contributed by atoms with Gasteiger partial charge in [-0.1, -0.05) is 165 Å². The van der Waals surface area contributed by atoms with E-state index in [4.69, 9.17) is 9.47 Å². The van der Waals surface area contributed by atoms with E-state index in [1.54, 1.807) is 0 Å². The maximum absolute atomic E-state index is 13.1. The van der Waals surface area contributed by atoms with Crippen molar-refractivity contribution < 1.29 is 50.0 Å². The molecular weight excluding hydrogens is 787 g/mol. The lowest BCUT2D eigenvalue weighted by molar-refractivity contribution is -0.303. The molecule has 1 rings (SSSR count). The lowest BCUT2D eigenvalue weighted by Crippen LogP contribution is -2.60. The second kappa shape index (κ2) is 40.6. The predicted octanol–water partition coefficient (Wildman–Crippen LogP) is 8.95. The van der Waals surface area contributed by atoms with Gasteiger partial charge in [0.25, 0.3) is 0 Å². The molecule has 62 heavy (non-hydrogen) atoms. The van der Waals surface area contributed by atoms with Crippen LogP contribution in [0.4, 0.5) is 0 Å². The quantitative estimate of drug-likeness (QED) is 0.0218. The van der Waals surface area contributed by atoms with Crippen LogP contribution < -0.4 is 5.32 Å². The molecule has 0 bridgehead atoms.